The van der Waals surface area contributed by atoms with Crippen LogP contribution in [0.4, 0.5) is 0 Å². The van der Waals surface area contributed by atoms with Gasteiger partial charge in [-0.25, -0.2) is 0 Å². The van der Waals surface area contributed by atoms with Gasteiger partial charge in [0.25, 0.3) is 0 Å². The van der Waals surface area contributed by atoms with E-state index in [0.29, 0.717) is 12.8 Å². The Balaban J connectivity index is 3.45. The second-order valence-corrected chi connectivity index (χ2v) is 16.3. The van der Waals surface area contributed by atoms with Gasteiger partial charge in [0.05, 0.1) is 18.8 Å². The lowest BCUT2D eigenvalue weighted by molar-refractivity contribution is -0.124. The van der Waals surface area contributed by atoms with Crippen molar-refractivity contribution in [2.75, 3.05) is 6.61 Å². The van der Waals surface area contributed by atoms with Gasteiger partial charge in [-0.2, -0.15) is 0 Å². The standard InChI is InChI=1S/C49H93NO4/c1-3-5-7-9-11-13-14-15-16-17-18-19-20-21-22-23-24-25-26-27-28-29-30-31-32-33-34-35-36-38-40-42-44-48(53)50-46(45-51)49(54)47(52)43-41-39-37-12-10-8-6-4-2/h4,6,12,21-22,37,46-47,49,51-52,54H,3,5,7-11,13-20,23-36,38-45H2,1-2H3,(H,50,53)/b6-4+,22-21-,37-12+. The molecule has 5 heteroatoms. The fourth-order valence-electron chi connectivity index (χ4n) is 7.36. The molecular formula is C49H93NO4. The Hall–Kier alpha value is -1.43. The van der Waals surface area contributed by atoms with Crippen LogP contribution in [0.25, 0.3) is 0 Å². The number of aliphatic hydroxyl groups is 3. The minimum absolute atomic E-state index is 0.160. The first-order chi connectivity index (χ1) is 26.6. The zero-order valence-corrected chi connectivity index (χ0v) is 36.1. The Morgan fingerprint density at radius 1 is 0.481 bits per heavy atom. The van der Waals surface area contributed by atoms with Crippen LogP contribution in [-0.4, -0.2) is 46.1 Å². The monoisotopic (exact) mass is 760 g/mol. The molecule has 0 bridgehead atoms. The van der Waals surface area contributed by atoms with E-state index in [4.69, 9.17) is 0 Å². The maximum absolute atomic E-state index is 12.4. The molecule has 0 aromatic rings. The van der Waals surface area contributed by atoms with Crippen molar-refractivity contribution in [3.8, 4) is 0 Å². The smallest absolute Gasteiger partial charge is 0.220 e. The summed E-state index contributed by atoms with van der Waals surface area (Å²) in [5.74, 6) is -0.160. The first-order valence-corrected chi connectivity index (χ1v) is 23.7. The zero-order valence-electron chi connectivity index (χ0n) is 36.1. The molecule has 0 rings (SSSR count). The number of rotatable bonds is 43. The average molecular weight is 760 g/mol. The van der Waals surface area contributed by atoms with Crippen LogP contribution in [0.5, 0.6) is 0 Å². The molecule has 0 aliphatic rings. The highest BCUT2D eigenvalue weighted by Crippen LogP contribution is 2.16. The van der Waals surface area contributed by atoms with Gasteiger partial charge in [-0.1, -0.05) is 204 Å². The van der Waals surface area contributed by atoms with Crippen LogP contribution >= 0.6 is 0 Å². The van der Waals surface area contributed by atoms with Gasteiger partial charge in [0.2, 0.25) is 5.91 Å². The van der Waals surface area contributed by atoms with Crippen LogP contribution in [0.15, 0.2) is 36.5 Å². The Bertz CT molecular complexity index is 840. The number of hydrogen-bond acceptors (Lipinski definition) is 4. The van der Waals surface area contributed by atoms with Crippen molar-refractivity contribution in [1.29, 1.82) is 0 Å². The summed E-state index contributed by atoms with van der Waals surface area (Å²) in [6.45, 7) is 3.93. The van der Waals surface area contributed by atoms with E-state index < -0.39 is 18.2 Å². The zero-order chi connectivity index (χ0) is 39.4. The van der Waals surface area contributed by atoms with Crippen molar-refractivity contribution in [3.63, 3.8) is 0 Å². The maximum Gasteiger partial charge on any atom is 0.220 e. The van der Waals surface area contributed by atoms with E-state index in [1.54, 1.807) is 0 Å². The predicted octanol–water partition coefficient (Wildman–Crippen LogP) is 13.9. The third-order valence-corrected chi connectivity index (χ3v) is 11.0. The normalized spacial score (nSPS) is 13.8. The average Bonchev–Trinajstić information content (AvgIpc) is 3.18. The van der Waals surface area contributed by atoms with Crippen molar-refractivity contribution in [2.24, 2.45) is 0 Å². The highest BCUT2D eigenvalue weighted by Gasteiger charge is 2.26. The number of nitrogens with one attached hydrogen (secondary N) is 1. The Labute approximate surface area is 336 Å². The van der Waals surface area contributed by atoms with Crippen LogP contribution < -0.4 is 5.32 Å². The van der Waals surface area contributed by atoms with Crippen LogP contribution in [0.2, 0.25) is 0 Å². The van der Waals surface area contributed by atoms with Gasteiger partial charge in [-0.3, -0.25) is 4.79 Å². The number of allylic oxidation sites excluding steroid dienone is 6. The Morgan fingerprint density at radius 2 is 0.833 bits per heavy atom. The van der Waals surface area contributed by atoms with E-state index in [9.17, 15) is 20.1 Å². The second kappa shape index (κ2) is 44.3. The van der Waals surface area contributed by atoms with Gasteiger partial charge in [0.15, 0.2) is 0 Å². The molecule has 4 N–H and O–H groups in total. The lowest BCUT2D eigenvalue weighted by Gasteiger charge is -2.26. The van der Waals surface area contributed by atoms with E-state index >= 15 is 0 Å². The molecule has 1 amide bonds. The fraction of sp³-hybridized carbons (Fsp3) is 0.857. The van der Waals surface area contributed by atoms with Crippen LogP contribution in [0.3, 0.4) is 0 Å². The molecule has 54 heavy (non-hydrogen) atoms. The molecule has 3 atom stereocenters. The topological polar surface area (TPSA) is 89.8 Å². The van der Waals surface area contributed by atoms with Crippen molar-refractivity contribution >= 4 is 5.91 Å². The third-order valence-electron chi connectivity index (χ3n) is 11.0. The molecule has 0 saturated carbocycles. The first kappa shape index (κ1) is 52.6. The first-order valence-electron chi connectivity index (χ1n) is 23.7. The molecule has 3 unspecified atom stereocenters. The van der Waals surface area contributed by atoms with Crippen LogP contribution in [-0.2, 0) is 4.79 Å². The van der Waals surface area contributed by atoms with Crippen molar-refractivity contribution in [3.05, 3.63) is 36.5 Å². The summed E-state index contributed by atoms with van der Waals surface area (Å²) >= 11 is 0. The van der Waals surface area contributed by atoms with Gasteiger partial charge in [-0.05, 0) is 71.1 Å². The van der Waals surface area contributed by atoms with E-state index in [2.05, 4.69) is 42.6 Å². The van der Waals surface area contributed by atoms with Crippen LogP contribution in [0.1, 0.15) is 245 Å². The summed E-state index contributed by atoms with van der Waals surface area (Å²) in [5.41, 5.74) is 0. The Morgan fingerprint density at radius 3 is 1.24 bits per heavy atom. The Kier molecular flexibility index (Phi) is 43.1. The summed E-state index contributed by atoms with van der Waals surface area (Å²) in [6.07, 6.45) is 56.1. The summed E-state index contributed by atoms with van der Waals surface area (Å²) in [6, 6.07) is -0.829. The number of carbonyl (C=O) groups is 1. The molecule has 0 saturated heterocycles. The molecule has 0 aromatic heterocycles. The molecule has 0 heterocycles. The van der Waals surface area contributed by atoms with E-state index in [-0.39, 0.29) is 12.5 Å². The van der Waals surface area contributed by atoms with Gasteiger partial charge in [0.1, 0.15) is 6.10 Å². The molecule has 0 spiro atoms. The fourth-order valence-corrected chi connectivity index (χ4v) is 7.36. The maximum atomic E-state index is 12.4. The number of hydrogen-bond donors (Lipinski definition) is 4. The minimum atomic E-state index is -1.16. The van der Waals surface area contributed by atoms with E-state index in [1.807, 2.05) is 13.0 Å². The lowest BCUT2D eigenvalue weighted by atomic mass is 10.0. The molecule has 318 valence electrons. The quantitative estimate of drug-likeness (QED) is 0.0368. The van der Waals surface area contributed by atoms with Crippen molar-refractivity contribution in [2.45, 2.75) is 263 Å². The summed E-state index contributed by atoms with van der Waals surface area (Å²) < 4.78 is 0. The minimum Gasteiger partial charge on any atom is -0.394 e. The SMILES string of the molecule is C/C=C/CC/C=C/CCCC(O)C(O)C(CO)NC(=O)CCCCCCCCCCCCCCCCCC/C=C\CCCCCCCCCCCCCC. The second-order valence-electron chi connectivity index (χ2n) is 16.3. The highest BCUT2D eigenvalue weighted by atomic mass is 16.3. The summed E-state index contributed by atoms with van der Waals surface area (Å²) in [4.78, 5) is 12.4. The number of amides is 1. The number of carbonyl (C=O) groups excluding carboxylic acids is 1. The van der Waals surface area contributed by atoms with Crippen molar-refractivity contribution < 1.29 is 20.1 Å². The molecule has 0 aliphatic heterocycles. The lowest BCUT2D eigenvalue weighted by Crippen LogP contribution is -2.50. The number of unbranched alkanes of at least 4 members (excludes halogenated alkanes) is 30. The van der Waals surface area contributed by atoms with Gasteiger partial charge in [-0.15, -0.1) is 0 Å². The molecular weight excluding hydrogens is 667 g/mol. The molecule has 5 nitrogen and oxygen atoms in total. The van der Waals surface area contributed by atoms with Gasteiger partial charge in [0, 0.05) is 6.42 Å². The van der Waals surface area contributed by atoms with Crippen LogP contribution in [0, 0.1) is 0 Å². The van der Waals surface area contributed by atoms with Crippen molar-refractivity contribution in [1.82, 2.24) is 5.32 Å². The molecule has 0 radical (unpaired) electrons. The molecule has 0 fully saturated rings. The van der Waals surface area contributed by atoms with E-state index in [0.717, 1.165) is 44.9 Å². The number of aliphatic hydroxyl groups excluding tert-OH is 3. The van der Waals surface area contributed by atoms with Gasteiger partial charge >= 0.3 is 0 Å². The third kappa shape index (κ3) is 38.8. The molecule has 0 aliphatic carbocycles. The largest absolute Gasteiger partial charge is 0.394 e. The van der Waals surface area contributed by atoms with E-state index in [1.165, 1.54) is 173 Å². The highest BCUT2D eigenvalue weighted by molar-refractivity contribution is 5.76. The summed E-state index contributed by atoms with van der Waals surface area (Å²) in [7, 11) is 0. The predicted molar refractivity (Wildman–Crippen MR) is 236 cm³/mol. The summed E-state index contributed by atoms with van der Waals surface area (Å²) in [5, 5.41) is 33.2. The molecule has 0 aromatic carbocycles. The van der Waals surface area contributed by atoms with Gasteiger partial charge < -0.3 is 20.6 Å².